The van der Waals surface area contributed by atoms with Gasteiger partial charge >= 0.3 is 0 Å². The summed E-state index contributed by atoms with van der Waals surface area (Å²) in [5.74, 6) is 2.55. The van der Waals surface area contributed by atoms with Crippen LogP contribution < -0.4 is 4.74 Å². The molecular formula is C11H14OS2. The van der Waals surface area contributed by atoms with E-state index in [0.29, 0.717) is 0 Å². The van der Waals surface area contributed by atoms with Crippen LogP contribution in [-0.4, -0.2) is 18.6 Å². The smallest absolute Gasteiger partial charge is 0.132 e. The molecule has 0 aromatic heterocycles. The van der Waals surface area contributed by atoms with E-state index in [1.165, 1.54) is 0 Å². The van der Waals surface area contributed by atoms with Crippen molar-refractivity contribution in [1.29, 1.82) is 0 Å². The van der Waals surface area contributed by atoms with Gasteiger partial charge in [-0.3, -0.25) is 0 Å². The molecule has 0 heterocycles. The van der Waals surface area contributed by atoms with Gasteiger partial charge in [0.1, 0.15) is 5.75 Å². The maximum atomic E-state index is 5.24. The lowest BCUT2D eigenvalue weighted by molar-refractivity contribution is 0.405. The van der Waals surface area contributed by atoms with Crippen LogP contribution in [0.4, 0.5) is 0 Å². The molecule has 0 spiro atoms. The Labute approximate surface area is 95.0 Å². The molecule has 0 amide bonds. The third kappa shape index (κ3) is 3.31. The Kier molecular flexibility index (Phi) is 4.98. The lowest BCUT2D eigenvalue weighted by atomic mass is 10.3. The van der Waals surface area contributed by atoms with Crippen LogP contribution in [0.1, 0.15) is 0 Å². The van der Waals surface area contributed by atoms with Crippen molar-refractivity contribution < 1.29 is 4.74 Å². The molecule has 0 saturated heterocycles. The number of thioether (sulfide) groups is 1. The number of para-hydroxylation sites is 1. The number of hydrogen-bond acceptors (Lipinski definition) is 3. The van der Waals surface area contributed by atoms with Crippen LogP contribution in [0.3, 0.4) is 0 Å². The highest BCUT2D eigenvalue weighted by Crippen LogP contribution is 2.29. The second-order valence-corrected chi connectivity index (χ2v) is 4.18. The Bertz CT molecular complexity index is 310. The minimum absolute atomic E-state index is 0.738. The van der Waals surface area contributed by atoms with Gasteiger partial charge in [0.15, 0.2) is 0 Å². The van der Waals surface area contributed by atoms with E-state index in [1.54, 1.807) is 18.9 Å². The van der Waals surface area contributed by atoms with Crippen LogP contribution in [0.2, 0.25) is 0 Å². The van der Waals surface area contributed by atoms with Gasteiger partial charge in [-0.1, -0.05) is 24.3 Å². The highest BCUT2D eigenvalue weighted by molar-refractivity contribution is 7.99. The van der Waals surface area contributed by atoms with Crippen LogP contribution >= 0.6 is 24.4 Å². The van der Waals surface area contributed by atoms with E-state index < -0.39 is 0 Å². The second kappa shape index (κ2) is 6.04. The third-order valence-electron chi connectivity index (χ3n) is 1.72. The van der Waals surface area contributed by atoms with Crippen LogP contribution in [0.5, 0.6) is 5.75 Å². The first-order chi connectivity index (χ1) is 6.77. The highest BCUT2D eigenvalue weighted by Gasteiger charge is 2.02. The molecule has 76 valence electrons. The van der Waals surface area contributed by atoms with Gasteiger partial charge in [-0.2, -0.15) is 12.6 Å². The monoisotopic (exact) mass is 226 g/mol. The van der Waals surface area contributed by atoms with Gasteiger partial charge < -0.3 is 4.74 Å². The van der Waals surface area contributed by atoms with Crippen LogP contribution in [0.15, 0.2) is 41.3 Å². The van der Waals surface area contributed by atoms with Crippen molar-refractivity contribution in [3.05, 3.63) is 36.4 Å². The molecule has 14 heavy (non-hydrogen) atoms. The lowest BCUT2D eigenvalue weighted by Crippen LogP contribution is -1.89. The zero-order valence-electron chi connectivity index (χ0n) is 8.19. The molecule has 0 bridgehead atoms. The molecule has 1 nitrogen and oxygen atoms in total. The first kappa shape index (κ1) is 11.5. The maximum absolute atomic E-state index is 5.24. The average molecular weight is 226 g/mol. The van der Waals surface area contributed by atoms with Crippen LogP contribution in [-0.2, 0) is 0 Å². The third-order valence-corrected chi connectivity index (χ3v) is 3.37. The minimum atomic E-state index is 0.738. The van der Waals surface area contributed by atoms with Crippen molar-refractivity contribution in [1.82, 2.24) is 0 Å². The standard InChI is InChI=1S/C11H14OS2/c1-9(7-13)8-14-11-6-4-3-5-10(11)12-2/h3-6,13H,1,7-8H2,2H3. The van der Waals surface area contributed by atoms with Crippen molar-refractivity contribution in [3.8, 4) is 5.75 Å². The van der Waals surface area contributed by atoms with Gasteiger partial charge in [-0.25, -0.2) is 0 Å². The second-order valence-electron chi connectivity index (χ2n) is 2.85. The summed E-state index contributed by atoms with van der Waals surface area (Å²) in [5, 5.41) is 0. The fourth-order valence-electron chi connectivity index (χ4n) is 0.964. The number of rotatable bonds is 5. The predicted molar refractivity (Wildman–Crippen MR) is 66.7 cm³/mol. The van der Waals surface area contributed by atoms with E-state index in [0.717, 1.165) is 27.7 Å². The summed E-state index contributed by atoms with van der Waals surface area (Å²) in [4.78, 5) is 1.15. The van der Waals surface area contributed by atoms with E-state index in [4.69, 9.17) is 4.74 Å². The van der Waals surface area contributed by atoms with Crippen molar-refractivity contribution >= 4 is 24.4 Å². The topological polar surface area (TPSA) is 9.23 Å². The van der Waals surface area contributed by atoms with Crippen molar-refractivity contribution in [3.63, 3.8) is 0 Å². The number of methoxy groups -OCH3 is 1. The molecule has 1 aromatic carbocycles. The molecule has 0 aliphatic rings. The van der Waals surface area contributed by atoms with E-state index in [1.807, 2.05) is 18.2 Å². The van der Waals surface area contributed by atoms with E-state index in [9.17, 15) is 0 Å². The summed E-state index contributed by atoms with van der Waals surface area (Å²) < 4.78 is 5.24. The first-order valence-electron chi connectivity index (χ1n) is 4.31. The summed E-state index contributed by atoms with van der Waals surface area (Å²) in [6, 6.07) is 7.99. The van der Waals surface area contributed by atoms with Crippen molar-refractivity contribution in [2.75, 3.05) is 18.6 Å². The Morgan fingerprint density at radius 1 is 1.50 bits per heavy atom. The Morgan fingerprint density at radius 2 is 2.21 bits per heavy atom. The van der Waals surface area contributed by atoms with Gasteiger partial charge in [0.05, 0.1) is 7.11 Å². The molecule has 0 aliphatic heterocycles. The van der Waals surface area contributed by atoms with Crippen molar-refractivity contribution in [2.24, 2.45) is 0 Å². The zero-order valence-corrected chi connectivity index (χ0v) is 9.91. The fraction of sp³-hybridized carbons (Fsp3) is 0.273. The lowest BCUT2D eigenvalue weighted by Gasteiger charge is -2.07. The summed E-state index contributed by atoms with van der Waals surface area (Å²) >= 11 is 5.90. The van der Waals surface area contributed by atoms with Gasteiger partial charge in [0.2, 0.25) is 0 Å². The SMILES string of the molecule is C=C(CS)CSc1ccccc1OC. The molecule has 0 radical (unpaired) electrons. The van der Waals surface area contributed by atoms with Gasteiger partial charge in [0, 0.05) is 16.4 Å². The molecule has 0 atom stereocenters. The van der Waals surface area contributed by atoms with Gasteiger partial charge in [0.25, 0.3) is 0 Å². The van der Waals surface area contributed by atoms with E-state index in [2.05, 4.69) is 25.3 Å². The Morgan fingerprint density at radius 3 is 2.86 bits per heavy atom. The Hall–Kier alpha value is -0.540. The fourth-order valence-corrected chi connectivity index (χ4v) is 2.16. The number of benzene rings is 1. The molecule has 3 heteroatoms. The van der Waals surface area contributed by atoms with Crippen LogP contribution in [0.25, 0.3) is 0 Å². The van der Waals surface area contributed by atoms with Crippen molar-refractivity contribution in [2.45, 2.75) is 4.90 Å². The Balaban J connectivity index is 2.61. The molecule has 1 aromatic rings. The quantitative estimate of drug-likeness (QED) is 0.469. The van der Waals surface area contributed by atoms with E-state index >= 15 is 0 Å². The number of ether oxygens (including phenoxy) is 1. The predicted octanol–water partition coefficient (Wildman–Crippen LogP) is 3.27. The normalized spacial score (nSPS) is 9.86. The number of hydrogen-bond donors (Lipinski definition) is 1. The number of thiol groups is 1. The largest absolute Gasteiger partial charge is 0.496 e. The summed E-state index contributed by atoms with van der Waals surface area (Å²) in [6.07, 6.45) is 0. The maximum Gasteiger partial charge on any atom is 0.132 e. The molecule has 0 fully saturated rings. The minimum Gasteiger partial charge on any atom is -0.496 e. The molecule has 0 aliphatic carbocycles. The highest BCUT2D eigenvalue weighted by atomic mass is 32.2. The summed E-state index contributed by atoms with van der Waals surface area (Å²) in [6.45, 7) is 3.91. The molecule has 0 N–H and O–H groups in total. The molecule has 0 unspecified atom stereocenters. The van der Waals surface area contributed by atoms with Gasteiger partial charge in [-0.05, 0) is 12.1 Å². The van der Waals surface area contributed by atoms with Gasteiger partial charge in [-0.15, -0.1) is 11.8 Å². The first-order valence-corrected chi connectivity index (χ1v) is 5.93. The average Bonchev–Trinajstić information content (AvgIpc) is 2.26. The van der Waals surface area contributed by atoms with Crippen LogP contribution in [0, 0.1) is 0 Å². The summed E-state index contributed by atoms with van der Waals surface area (Å²) in [5.41, 5.74) is 1.13. The summed E-state index contributed by atoms with van der Waals surface area (Å²) in [7, 11) is 1.69. The molecule has 1 rings (SSSR count). The molecular weight excluding hydrogens is 212 g/mol. The van der Waals surface area contributed by atoms with E-state index in [-0.39, 0.29) is 0 Å². The zero-order chi connectivity index (χ0) is 10.4. The molecule has 0 saturated carbocycles.